The molecule has 3 aliphatic rings. The van der Waals surface area contributed by atoms with E-state index >= 15 is 8.78 Å². The maximum atomic E-state index is 15.7. The van der Waals surface area contributed by atoms with Crippen LogP contribution < -0.4 is 4.90 Å². The Kier molecular flexibility index (Phi) is 5.04. The van der Waals surface area contributed by atoms with Crippen molar-refractivity contribution in [2.45, 2.75) is 18.0 Å². The molecule has 2 heterocycles. The number of carbonyl (C=O) groups is 3. The minimum absolute atomic E-state index is 0.0713. The normalized spacial score (nSPS) is 22.1. The fourth-order valence-corrected chi connectivity index (χ4v) is 6.81. The van der Waals surface area contributed by atoms with Gasteiger partial charge in [0.25, 0.3) is 0 Å². The smallest absolute Gasteiger partial charge is 0.188 e. The van der Waals surface area contributed by atoms with Crippen molar-refractivity contribution in [1.82, 2.24) is 0 Å². The van der Waals surface area contributed by atoms with Crippen LogP contribution in [0.5, 0.6) is 0 Å². The monoisotopic (exact) mass is 517 g/mol. The predicted octanol–water partition coefficient (Wildman–Crippen LogP) is 6.28. The number of hydrogen-bond acceptors (Lipinski definition) is 4. The Morgan fingerprint density at radius 2 is 1.31 bits per heavy atom. The van der Waals surface area contributed by atoms with Crippen LogP contribution in [0, 0.1) is 17.0 Å². The number of Topliss-reactive ketones (excluding diaryl/α,β-unsaturated/α-hetero) is 3. The van der Waals surface area contributed by atoms with Gasteiger partial charge >= 0.3 is 0 Å². The van der Waals surface area contributed by atoms with E-state index in [0.717, 1.165) is 5.56 Å². The molecule has 39 heavy (non-hydrogen) atoms. The van der Waals surface area contributed by atoms with Gasteiger partial charge in [0, 0.05) is 22.7 Å². The summed E-state index contributed by atoms with van der Waals surface area (Å²) in [5.74, 6) is -4.12. The highest BCUT2D eigenvalue weighted by Gasteiger charge is 2.72. The lowest BCUT2D eigenvalue weighted by Crippen LogP contribution is -2.48. The quantitative estimate of drug-likeness (QED) is 0.237. The first-order chi connectivity index (χ1) is 19.0. The molecule has 0 saturated carbocycles. The van der Waals surface area contributed by atoms with Gasteiger partial charge in [0.2, 0.25) is 0 Å². The van der Waals surface area contributed by atoms with E-state index in [-0.39, 0.29) is 22.3 Å². The van der Waals surface area contributed by atoms with Crippen molar-refractivity contribution in [3.05, 3.63) is 143 Å². The van der Waals surface area contributed by atoms with Crippen molar-refractivity contribution in [3.8, 4) is 0 Å². The van der Waals surface area contributed by atoms with Crippen molar-refractivity contribution in [1.29, 1.82) is 0 Å². The zero-order chi connectivity index (χ0) is 26.9. The minimum Gasteiger partial charge on any atom is -0.352 e. The number of benzene rings is 4. The lowest BCUT2D eigenvalue weighted by Gasteiger charge is -2.37. The van der Waals surface area contributed by atoms with Crippen molar-refractivity contribution in [2.75, 3.05) is 4.90 Å². The molecule has 4 nitrogen and oxygen atoms in total. The van der Waals surface area contributed by atoms with Crippen molar-refractivity contribution in [2.24, 2.45) is 5.41 Å². The second kappa shape index (κ2) is 8.40. The summed E-state index contributed by atoms with van der Waals surface area (Å²) in [7, 11) is 0. The average molecular weight is 518 g/mol. The van der Waals surface area contributed by atoms with E-state index in [1.165, 1.54) is 36.4 Å². The SMILES string of the molecule is O=C(c1ccccc1F)[C@H]1[C@H](c2ccccc2F)C2(C(=O)c3ccccc3C2=O)[C@@H]2C=Cc3ccccc3N21. The summed E-state index contributed by atoms with van der Waals surface area (Å²) in [5, 5.41) is 0. The summed E-state index contributed by atoms with van der Waals surface area (Å²) < 4.78 is 30.8. The maximum absolute atomic E-state index is 15.7. The summed E-state index contributed by atoms with van der Waals surface area (Å²) >= 11 is 0. The van der Waals surface area contributed by atoms with Crippen molar-refractivity contribution >= 4 is 29.1 Å². The molecule has 3 atom stereocenters. The molecule has 4 aromatic rings. The predicted molar refractivity (Wildman–Crippen MR) is 143 cm³/mol. The lowest BCUT2D eigenvalue weighted by molar-refractivity contribution is 0.0664. The van der Waals surface area contributed by atoms with Gasteiger partial charge in [-0.3, -0.25) is 14.4 Å². The van der Waals surface area contributed by atoms with Gasteiger partial charge in [0.1, 0.15) is 23.1 Å². The summed E-state index contributed by atoms with van der Waals surface area (Å²) in [4.78, 5) is 45.1. The second-order valence-corrected chi connectivity index (χ2v) is 10.1. The van der Waals surface area contributed by atoms with E-state index in [4.69, 9.17) is 0 Å². The highest BCUT2D eigenvalue weighted by atomic mass is 19.1. The molecule has 1 saturated heterocycles. The number of hydrogen-bond donors (Lipinski definition) is 0. The van der Waals surface area contributed by atoms with Gasteiger partial charge in [-0.25, -0.2) is 8.78 Å². The highest BCUT2D eigenvalue weighted by molar-refractivity contribution is 6.32. The molecule has 1 fully saturated rings. The first kappa shape index (κ1) is 23.4. The van der Waals surface area contributed by atoms with Crippen molar-refractivity contribution in [3.63, 3.8) is 0 Å². The average Bonchev–Trinajstić information content (AvgIpc) is 3.39. The van der Waals surface area contributed by atoms with Crippen LogP contribution in [0.2, 0.25) is 0 Å². The van der Waals surface area contributed by atoms with E-state index in [0.29, 0.717) is 5.69 Å². The Hall–Kier alpha value is -4.71. The molecule has 1 spiro atoms. The van der Waals surface area contributed by atoms with Crippen LogP contribution in [0.3, 0.4) is 0 Å². The lowest BCUT2D eigenvalue weighted by atomic mass is 9.64. The van der Waals surface area contributed by atoms with Crippen LogP contribution in [0.1, 0.15) is 48.1 Å². The van der Waals surface area contributed by atoms with E-state index < -0.39 is 52.4 Å². The fourth-order valence-electron chi connectivity index (χ4n) is 6.81. The Balaban J connectivity index is 1.58. The third-order valence-corrected chi connectivity index (χ3v) is 8.36. The maximum Gasteiger partial charge on any atom is 0.188 e. The summed E-state index contributed by atoms with van der Waals surface area (Å²) in [6.45, 7) is 0. The molecule has 4 aromatic carbocycles. The van der Waals surface area contributed by atoms with E-state index in [2.05, 4.69) is 0 Å². The molecule has 0 bridgehead atoms. The van der Waals surface area contributed by atoms with Crippen LogP contribution in [0.4, 0.5) is 14.5 Å². The van der Waals surface area contributed by atoms with Crippen LogP contribution in [-0.4, -0.2) is 29.4 Å². The van der Waals surface area contributed by atoms with E-state index in [1.807, 2.05) is 24.3 Å². The summed E-state index contributed by atoms with van der Waals surface area (Å²) in [6.07, 6.45) is 3.59. The Bertz CT molecular complexity index is 1710. The van der Waals surface area contributed by atoms with Crippen LogP contribution in [0.25, 0.3) is 6.08 Å². The van der Waals surface area contributed by atoms with Crippen LogP contribution in [0.15, 0.2) is 103 Å². The number of carbonyl (C=O) groups excluding carboxylic acids is 3. The highest BCUT2D eigenvalue weighted by Crippen LogP contribution is 2.61. The van der Waals surface area contributed by atoms with Gasteiger partial charge in [0.15, 0.2) is 17.3 Å². The zero-order valence-corrected chi connectivity index (χ0v) is 20.6. The van der Waals surface area contributed by atoms with E-state index in [1.54, 1.807) is 53.4 Å². The number of ketones is 3. The van der Waals surface area contributed by atoms with Crippen molar-refractivity contribution < 1.29 is 23.2 Å². The Morgan fingerprint density at radius 1 is 0.718 bits per heavy atom. The fraction of sp³-hybridized carbons (Fsp3) is 0.121. The zero-order valence-electron chi connectivity index (χ0n) is 20.6. The molecule has 2 aliphatic heterocycles. The molecule has 1 aliphatic carbocycles. The summed E-state index contributed by atoms with van der Waals surface area (Å²) in [5.41, 5.74) is -0.0509. The molecule has 0 radical (unpaired) electrons. The van der Waals surface area contributed by atoms with Gasteiger partial charge in [0.05, 0.1) is 11.6 Å². The molecule has 6 heteroatoms. The second-order valence-electron chi connectivity index (χ2n) is 10.1. The van der Waals surface area contributed by atoms with Gasteiger partial charge in [-0.05, 0) is 35.4 Å². The van der Waals surface area contributed by atoms with Gasteiger partial charge in [-0.2, -0.15) is 0 Å². The first-order valence-corrected chi connectivity index (χ1v) is 12.7. The topological polar surface area (TPSA) is 54.5 Å². The number of rotatable bonds is 3. The molecular formula is C33H21F2NO3. The number of nitrogens with zero attached hydrogens (tertiary/aromatic N) is 1. The molecule has 190 valence electrons. The molecule has 0 N–H and O–H groups in total. The third kappa shape index (κ3) is 3.00. The Labute approximate surface area is 223 Å². The van der Waals surface area contributed by atoms with Crippen LogP contribution in [-0.2, 0) is 0 Å². The molecule has 7 rings (SSSR count). The number of anilines is 1. The number of fused-ring (bicyclic) bond motifs is 5. The van der Waals surface area contributed by atoms with E-state index in [9.17, 15) is 14.4 Å². The molecule has 0 unspecified atom stereocenters. The first-order valence-electron chi connectivity index (χ1n) is 12.7. The third-order valence-electron chi connectivity index (χ3n) is 8.36. The molecule has 0 aromatic heterocycles. The minimum atomic E-state index is -1.83. The molecular weight excluding hydrogens is 496 g/mol. The molecule has 0 amide bonds. The largest absolute Gasteiger partial charge is 0.352 e. The van der Waals surface area contributed by atoms with Gasteiger partial charge < -0.3 is 4.90 Å². The van der Waals surface area contributed by atoms with Gasteiger partial charge in [-0.1, -0.05) is 84.9 Å². The Morgan fingerprint density at radius 3 is 2.00 bits per heavy atom. The number of para-hydroxylation sites is 1. The standard InChI is InChI=1S/C33H21F2NO3/c34-24-14-6-4-12-22(24)28-29(30(37)23-13-5-7-15-25(23)35)36-26-16-8-1-9-19(26)17-18-27(36)33(28)31(38)20-10-2-3-11-21(20)32(33)39/h1-18,27-29H/t27-,28-,29+/m0/s1. The van der Waals surface area contributed by atoms with Crippen LogP contribution >= 0.6 is 0 Å². The number of halogens is 2. The summed E-state index contributed by atoms with van der Waals surface area (Å²) in [6, 6.07) is 23.3. The van der Waals surface area contributed by atoms with Gasteiger partial charge in [-0.15, -0.1) is 0 Å².